The Kier molecular flexibility index (Phi) is 2.47. The number of fused-ring (bicyclic) bond motifs is 2. The van der Waals surface area contributed by atoms with Crippen molar-refractivity contribution in [3.63, 3.8) is 0 Å². The third-order valence-corrected chi connectivity index (χ3v) is 3.90. The van der Waals surface area contributed by atoms with E-state index in [2.05, 4.69) is 20.2 Å². The molecule has 3 N–H and O–H groups in total. The number of benzene rings is 1. The van der Waals surface area contributed by atoms with Gasteiger partial charge in [0, 0.05) is 24.2 Å². The number of rotatable bonds is 1. The molecular weight excluding hydrogens is 270 g/mol. The van der Waals surface area contributed by atoms with E-state index in [1.54, 1.807) is 23.4 Å². The smallest absolute Gasteiger partial charge is 0.269 e. The Morgan fingerprint density at radius 3 is 3.10 bits per heavy atom. The van der Waals surface area contributed by atoms with Crippen LogP contribution in [0.1, 0.15) is 21.6 Å². The van der Waals surface area contributed by atoms with Crippen molar-refractivity contribution >= 4 is 16.9 Å². The second-order valence-electron chi connectivity index (χ2n) is 5.15. The first-order valence-corrected chi connectivity index (χ1v) is 6.73. The van der Waals surface area contributed by atoms with Gasteiger partial charge in [0.2, 0.25) is 0 Å². The summed E-state index contributed by atoms with van der Waals surface area (Å²) in [6, 6.07) is 5.38. The van der Waals surface area contributed by atoms with E-state index >= 15 is 0 Å². The van der Waals surface area contributed by atoms with Crippen LogP contribution in [0.15, 0.2) is 29.3 Å². The predicted octanol–water partition coefficient (Wildman–Crippen LogP) is 0.778. The van der Waals surface area contributed by atoms with E-state index in [9.17, 15) is 9.59 Å². The first-order chi connectivity index (χ1) is 10.2. The summed E-state index contributed by atoms with van der Waals surface area (Å²) in [4.78, 5) is 33.1. The Hall–Kier alpha value is -2.83. The molecule has 1 aliphatic rings. The Morgan fingerprint density at radius 2 is 2.19 bits per heavy atom. The summed E-state index contributed by atoms with van der Waals surface area (Å²) in [6.07, 6.45) is 2.26. The summed E-state index contributed by atoms with van der Waals surface area (Å²) >= 11 is 0. The van der Waals surface area contributed by atoms with Crippen molar-refractivity contribution < 1.29 is 4.79 Å². The minimum Gasteiger partial charge on any atom is -0.345 e. The van der Waals surface area contributed by atoms with Crippen LogP contribution >= 0.6 is 0 Å². The average Bonchev–Trinajstić information content (AvgIpc) is 3.12. The van der Waals surface area contributed by atoms with Crippen LogP contribution in [-0.4, -0.2) is 37.5 Å². The van der Waals surface area contributed by atoms with Crippen LogP contribution in [0.5, 0.6) is 0 Å². The van der Waals surface area contributed by atoms with Crippen LogP contribution in [0.3, 0.4) is 0 Å². The van der Waals surface area contributed by atoms with Crippen molar-refractivity contribution in [3.05, 3.63) is 51.7 Å². The number of aromatic nitrogens is 4. The molecule has 1 amide bonds. The number of hydrogen-bond donors (Lipinski definition) is 3. The second-order valence-corrected chi connectivity index (χ2v) is 5.15. The highest BCUT2D eigenvalue weighted by Crippen LogP contribution is 2.18. The summed E-state index contributed by atoms with van der Waals surface area (Å²) in [6.45, 7) is 0.939. The largest absolute Gasteiger partial charge is 0.345 e. The molecule has 2 aromatic heterocycles. The van der Waals surface area contributed by atoms with Gasteiger partial charge in [0.1, 0.15) is 0 Å². The van der Waals surface area contributed by atoms with E-state index in [-0.39, 0.29) is 11.5 Å². The average molecular weight is 283 g/mol. The molecule has 0 saturated carbocycles. The minimum atomic E-state index is -0.147. The first-order valence-electron chi connectivity index (χ1n) is 6.73. The molecule has 21 heavy (non-hydrogen) atoms. The van der Waals surface area contributed by atoms with Crippen molar-refractivity contribution in [1.82, 2.24) is 25.1 Å². The summed E-state index contributed by atoms with van der Waals surface area (Å²) in [7, 11) is 0. The molecule has 0 aliphatic carbocycles. The maximum Gasteiger partial charge on any atom is 0.269 e. The minimum absolute atomic E-state index is 0.0715. The van der Waals surface area contributed by atoms with Gasteiger partial charge in [-0.05, 0) is 18.2 Å². The molecule has 0 bridgehead atoms. The quantitative estimate of drug-likeness (QED) is 0.615. The van der Waals surface area contributed by atoms with Gasteiger partial charge in [-0.25, -0.2) is 4.98 Å². The molecule has 4 rings (SSSR count). The van der Waals surface area contributed by atoms with Gasteiger partial charge in [0.05, 0.1) is 29.5 Å². The van der Waals surface area contributed by atoms with Crippen LogP contribution in [0.25, 0.3) is 11.0 Å². The SMILES string of the molecule is O=C(c1ccc2nc[nH]c2c1)N1CCc2[nH][nH]c(=O)c2C1. The molecule has 0 saturated heterocycles. The van der Waals surface area contributed by atoms with Crippen LogP contribution in [0.2, 0.25) is 0 Å². The fourth-order valence-corrected chi connectivity index (χ4v) is 2.74. The number of carbonyl (C=O) groups excluding carboxylic acids is 1. The maximum absolute atomic E-state index is 12.6. The van der Waals surface area contributed by atoms with Crippen LogP contribution < -0.4 is 5.56 Å². The fourth-order valence-electron chi connectivity index (χ4n) is 2.74. The molecule has 106 valence electrons. The number of nitrogens with zero attached hydrogens (tertiary/aromatic N) is 2. The number of H-pyrrole nitrogens is 3. The molecule has 0 radical (unpaired) electrons. The predicted molar refractivity (Wildman–Crippen MR) is 76.0 cm³/mol. The lowest BCUT2D eigenvalue weighted by Crippen LogP contribution is -2.37. The molecule has 3 aromatic rings. The number of nitrogens with one attached hydrogen (secondary N) is 3. The second kappa shape index (κ2) is 4.34. The van der Waals surface area contributed by atoms with E-state index in [0.29, 0.717) is 30.6 Å². The Morgan fingerprint density at radius 1 is 1.29 bits per heavy atom. The Balaban J connectivity index is 1.66. The van der Waals surface area contributed by atoms with Gasteiger partial charge in [0.25, 0.3) is 11.5 Å². The lowest BCUT2D eigenvalue weighted by atomic mass is 10.1. The highest BCUT2D eigenvalue weighted by molar-refractivity contribution is 5.97. The van der Waals surface area contributed by atoms with Gasteiger partial charge in [-0.3, -0.25) is 14.7 Å². The molecule has 1 aliphatic heterocycles. The van der Waals surface area contributed by atoms with Crippen LogP contribution in [-0.2, 0) is 13.0 Å². The monoisotopic (exact) mass is 283 g/mol. The summed E-state index contributed by atoms with van der Waals surface area (Å²) in [5, 5.41) is 5.42. The molecular formula is C14H13N5O2. The number of hydrogen-bond acceptors (Lipinski definition) is 3. The highest BCUT2D eigenvalue weighted by atomic mass is 16.2. The van der Waals surface area contributed by atoms with E-state index in [1.165, 1.54) is 0 Å². The molecule has 7 heteroatoms. The third-order valence-electron chi connectivity index (χ3n) is 3.90. The first kappa shape index (κ1) is 12.0. The zero-order valence-corrected chi connectivity index (χ0v) is 11.1. The topological polar surface area (TPSA) is 97.6 Å². The Labute approximate surface area is 119 Å². The van der Waals surface area contributed by atoms with E-state index in [0.717, 1.165) is 16.7 Å². The molecule has 0 atom stereocenters. The lowest BCUT2D eigenvalue weighted by molar-refractivity contribution is 0.0734. The van der Waals surface area contributed by atoms with Gasteiger partial charge in [0.15, 0.2) is 0 Å². The van der Waals surface area contributed by atoms with Crippen molar-refractivity contribution in [2.24, 2.45) is 0 Å². The van der Waals surface area contributed by atoms with Crippen LogP contribution in [0.4, 0.5) is 0 Å². The van der Waals surface area contributed by atoms with Crippen molar-refractivity contribution in [2.45, 2.75) is 13.0 Å². The lowest BCUT2D eigenvalue weighted by Gasteiger charge is -2.26. The maximum atomic E-state index is 12.6. The number of carbonyl (C=O) groups is 1. The fraction of sp³-hybridized carbons (Fsp3) is 0.214. The molecule has 0 unspecified atom stereocenters. The van der Waals surface area contributed by atoms with Crippen molar-refractivity contribution in [1.29, 1.82) is 0 Å². The molecule has 3 heterocycles. The zero-order valence-electron chi connectivity index (χ0n) is 11.1. The van der Waals surface area contributed by atoms with Gasteiger partial charge in [-0.15, -0.1) is 0 Å². The van der Waals surface area contributed by atoms with Crippen molar-refractivity contribution in [3.8, 4) is 0 Å². The van der Waals surface area contributed by atoms with Gasteiger partial charge in [-0.1, -0.05) is 0 Å². The third kappa shape index (κ3) is 1.85. The highest BCUT2D eigenvalue weighted by Gasteiger charge is 2.25. The summed E-state index contributed by atoms with van der Waals surface area (Å²) in [5.74, 6) is -0.0715. The number of amides is 1. The van der Waals surface area contributed by atoms with E-state index in [1.807, 2.05) is 6.07 Å². The molecule has 7 nitrogen and oxygen atoms in total. The zero-order chi connectivity index (χ0) is 14.4. The van der Waals surface area contributed by atoms with Crippen LogP contribution in [0, 0.1) is 0 Å². The summed E-state index contributed by atoms with van der Waals surface area (Å²) < 4.78 is 0. The van der Waals surface area contributed by atoms with Gasteiger partial charge < -0.3 is 15.0 Å². The van der Waals surface area contributed by atoms with Gasteiger partial charge in [-0.2, -0.15) is 0 Å². The standard InChI is InChI=1S/C14H13N5O2/c20-13-9-6-19(4-3-10(9)17-18-13)14(21)8-1-2-11-12(5-8)16-7-15-11/h1-2,5,7H,3-4,6H2,(H,15,16)(H2,17,18,20). The molecule has 0 spiro atoms. The van der Waals surface area contributed by atoms with Crippen molar-refractivity contribution in [2.75, 3.05) is 6.54 Å². The number of aromatic amines is 3. The molecule has 1 aromatic carbocycles. The van der Waals surface area contributed by atoms with E-state index < -0.39 is 0 Å². The number of imidazole rings is 1. The molecule has 0 fully saturated rings. The summed E-state index contributed by atoms with van der Waals surface area (Å²) in [5.41, 5.74) is 3.66. The normalized spacial score (nSPS) is 14.4. The van der Waals surface area contributed by atoms with E-state index in [4.69, 9.17) is 0 Å². The van der Waals surface area contributed by atoms with Gasteiger partial charge >= 0.3 is 0 Å². The Bertz CT molecular complexity index is 888.